The smallest absolute Gasteiger partial charge is 0.390 e. The number of nitrogens with zero attached hydrogens (tertiary/aromatic N) is 7. The van der Waals surface area contributed by atoms with Crippen molar-refractivity contribution in [1.29, 1.82) is 0 Å². The predicted octanol–water partition coefficient (Wildman–Crippen LogP) is 2.01. The van der Waals surface area contributed by atoms with E-state index in [2.05, 4.69) is 20.5 Å². The van der Waals surface area contributed by atoms with Crippen molar-refractivity contribution in [2.24, 2.45) is 0 Å². The fourth-order valence-electron chi connectivity index (χ4n) is 3.83. The van der Waals surface area contributed by atoms with Crippen LogP contribution in [0.2, 0.25) is 0 Å². The van der Waals surface area contributed by atoms with Gasteiger partial charge in [0.25, 0.3) is 0 Å². The summed E-state index contributed by atoms with van der Waals surface area (Å²) in [5.74, 6) is 1.31. The first-order chi connectivity index (χ1) is 15.9. The van der Waals surface area contributed by atoms with Gasteiger partial charge in [-0.15, -0.1) is 0 Å². The van der Waals surface area contributed by atoms with Gasteiger partial charge in [-0.3, -0.25) is 9.67 Å². The molecule has 1 aliphatic rings. The third kappa shape index (κ3) is 4.66. The van der Waals surface area contributed by atoms with Crippen LogP contribution in [0.15, 0.2) is 49.1 Å². The zero-order valence-electron chi connectivity index (χ0n) is 17.4. The molecule has 0 amide bonds. The quantitative estimate of drug-likeness (QED) is 0.483. The molecule has 33 heavy (non-hydrogen) atoms. The van der Waals surface area contributed by atoms with Crippen molar-refractivity contribution in [3.63, 3.8) is 0 Å². The Labute approximate surface area is 186 Å². The highest BCUT2D eigenvalue weighted by molar-refractivity contribution is 5.83. The molecule has 0 bridgehead atoms. The lowest BCUT2D eigenvalue weighted by Crippen LogP contribution is -2.33. The molecule has 12 heteroatoms. The van der Waals surface area contributed by atoms with E-state index in [1.54, 1.807) is 23.1 Å². The van der Waals surface area contributed by atoms with Gasteiger partial charge in [0.05, 0.1) is 29.7 Å². The van der Waals surface area contributed by atoms with E-state index in [1.165, 1.54) is 12.4 Å². The molecule has 1 atom stereocenters. The van der Waals surface area contributed by atoms with Gasteiger partial charge in [-0.2, -0.15) is 23.4 Å². The fraction of sp³-hybridized carbons (Fsp3) is 0.333. The van der Waals surface area contributed by atoms with E-state index in [-0.39, 0.29) is 0 Å². The number of alkyl halides is 3. The highest BCUT2D eigenvalue weighted by atomic mass is 19.4. The molecular weight excluding hydrogens is 437 g/mol. The summed E-state index contributed by atoms with van der Waals surface area (Å²) in [6.45, 7) is 1.30. The zero-order valence-corrected chi connectivity index (χ0v) is 17.4. The number of fused-ring (bicyclic) bond motifs is 1. The number of rotatable bonds is 4. The molecule has 5 heterocycles. The first kappa shape index (κ1) is 21.3. The molecule has 4 aromatic rings. The standard InChI is InChI=1S/C21H21F3N8O/c22-21(23,24)13-31-11-15(9-27-31)17-6-18-14(7-26-17)8-28-32(18)20-3-1-2-19(29-20)30-5-4-25-10-16(33)12-30/h1-3,6-9,11,16,25,33H,4-5,10,12-13H2. The Hall–Kier alpha value is -3.51. The minimum Gasteiger partial charge on any atom is -0.390 e. The second-order valence-corrected chi connectivity index (χ2v) is 7.88. The number of aliphatic hydroxyl groups excluding tert-OH is 1. The molecule has 0 radical (unpaired) electrons. The first-order valence-electron chi connectivity index (χ1n) is 10.4. The van der Waals surface area contributed by atoms with E-state index in [4.69, 9.17) is 4.98 Å². The van der Waals surface area contributed by atoms with Crippen LogP contribution >= 0.6 is 0 Å². The highest BCUT2D eigenvalue weighted by Gasteiger charge is 2.28. The van der Waals surface area contributed by atoms with Gasteiger partial charge in [0.1, 0.15) is 12.4 Å². The summed E-state index contributed by atoms with van der Waals surface area (Å²) in [5, 5.41) is 22.3. The van der Waals surface area contributed by atoms with Crippen molar-refractivity contribution in [1.82, 2.24) is 34.8 Å². The molecule has 0 aliphatic carbocycles. The molecule has 0 aromatic carbocycles. The average Bonchev–Trinajstić information content (AvgIpc) is 3.35. The van der Waals surface area contributed by atoms with E-state index < -0.39 is 18.8 Å². The third-order valence-corrected chi connectivity index (χ3v) is 5.35. The molecule has 0 spiro atoms. The predicted molar refractivity (Wildman–Crippen MR) is 115 cm³/mol. The Kier molecular flexibility index (Phi) is 5.46. The van der Waals surface area contributed by atoms with Crippen LogP contribution in [0.3, 0.4) is 0 Å². The van der Waals surface area contributed by atoms with Crippen LogP contribution in [0.1, 0.15) is 0 Å². The molecule has 2 N–H and O–H groups in total. The van der Waals surface area contributed by atoms with Crippen molar-refractivity contribution in [2.75, 3.05) is 31.1 Å². The second-order valence-electron chi connectivity index (χ2n) is 7.88. The van der Waals surface area contributed by atoms with Crippen molar-refractivity contribution in [2.45, 2.75) is 18.8 Å². The number of aromatic nitrogens is 6. The van der Waals surface area contributed by atoms with Gasteiger partial charge in [-0.1, -0.05) is 6.07 Å². The molecule has 1 unspecified atom stereocenters. The normalized spacial score (nSPS) is 17.5. The monoisotopic (exact) mass is 458 g/mol. The Morgan fingerprint density at radius 2 is 1.97 bits per heavy atom. The van der Waals surface area contributed by atoms with E-state index >= 15 is 0 Å². The summed E-state index contributed by atoms with van der Waals surface area (Å²) in [5.41, 5.74) is 1.67. The molecule has 4 aromatic heterocycles. The third-order valence-electron chi connectivity index (χ3n) is 5.35. The number of aliphatic hydroxyl groups is 1. The highest BCUT2D eigenvalue weighted by Crippen LogP contribution is 2.25. The number of β-amino-alcohol motifs (C(OH)–C–C–N with tert-alkyl or cyclic N) is 1. The fourth-order valence-corrected chi connectivity index (χ4v) is 3.83. The summed E-state index contributed by atoms with van der Waals surface area (Å²) in [6.07, 6.45) is 1.12. The van der Waals surface area contributed by atoms with Crippen LogP contribution in [0, 0.1) is 0 Å². The van der Waals surface area contributed by atoms with Crippen LogP contribution in [0.25, 0.3) is 28.0 Å². The summed E-state index contributed by atoms with van der Waals surface area (Å²) >= 11 is 0. The van der Waals surface area contributed by atoms with Gasteiger partial charge in [0, 0.05) is 49.5 Å². The first-order valence-corrected chi connectivity index (χ1v) is 10.4. The lowest BCUT2D eigenvalue weighted by atomic mass is 10.2. The van der Waals surface area contributed by atoms with E-state index in [1.807, 2.05) is 23.1 Å². The van der Waals surface area contributed by atoms with Gasteiger partial charge in [-0.25, -0.2) is 9.67 Å². The molecule has 1 aliphatic heterocycles. The summed E-state index contributed by atoms with van der Waals surface area (Å²) in [7, 11) is 0. The number of pyridine rings is 2. The molecule has 9 nitrogen and oxygen atoms in total. The Bertz CT molecular complexity index is 1270. The SMILES string of the molecule is OC1CNCCN(c2cccc(-n3ncc4cnc(-c5cnn(CC(F)(F)F)c5)cc43)n2)C1. The molecule has 1 saturated heterocycles. The van der Waals surface area contributed by atoms with Gasteiger partial charge >= 0.3 is 6.18 Å². The van der Waals surface area contributed by atoms with Gasteiger partial charge in [0.2, 0.25) is 0 Å². The Morgan fingerprint density at radius 1 is 1.12 bits per heavy atom. The maximum Gasteiger partial charge on any atom is 0.408 e. The topological polar surface area (TPSA) is 96.9 Å². The van der Waals surface area contributed by atoms with Gasteiger partial charge in [-0.05, 0) is 18.2 Å². The molecule has 5 rings (SSSR count). The van der Waals surface area contributed by atoms with Crippen molar-refractivity contribution < 1.29 is 18.3 Å². The Balaban J connectivity index is 1.47. The average molecular weight is 458 g/mol. The molecular formula is C21H21F3N8O. The van der Waals surface area contributed by atoms with Crippen LogP contribution in [0.5, 0.6) is 0 Å². The number of hydrogen-bond acceptors (Lipinski definition) is 7. The van der Waals surface area contributed by atoms with Crippen LogP contribution in [0.4, 0.5) is 19.0 Å². The maximum absolute atomic E-state index is 12.7. The van der Waals surface area contributed by atoms with Crippen LogP contribution < -0.4 is 10.2 Å². The van der Waals surface area contributed by atoms with Crippen LogP contribution in [-0.4, -0.2) is 73.1 Å². The molecule has 0 saturated carbocycles. The minimum absolute atomic E-state index is 0.472. The molecule has 1 fully saturated rings. The zero-order chi connectivity index (χ0) is 23.0. The minimum atomic E-state index is -4.35. The lowest BCUT2D eigenvalue weighted by Gasteiger charge is -2.23. The summed E-state index contributed by atoms with van der Waals surface area (Å²) < 4.78 is 40.5. The lowest BCUT2D eigenvalue weighted by molar-refractivity contribution is -0.142. The number of hydrogen-bond donors (Lipinski definition) is 2. The summed E-state index contributed by atoms with van der Waals surface area (Å²) in [6, 6.07) is 7.34. The van der Waals surface area contributed by atoms with E-state index in [9.17, 15) is 18.3 Å². The molecule has 172 valence electrons. The van der Waals surface area contributed by atoms with Crippen molar-refractivity contribution >= 4 is 16.7 Å². The number of halogens is 3. The van der Waals surface area contributed by atoms with Gasteiger partial charge in [0.15, 0.2) is 5.82 Å². The van der Waals surface area contributed by atoms with Gasteiger partial charge < -0.3 is 15.3 Å². The van der Waals surface area contributed by atoms with Crippen molar-refractivity contribution in [3.05, 3.63) is 49.1 Å². The van der Waals surface area contributed by atoms with Crippen LogP contribution in [-0.2, 0) is 6.54 Å². The second kappa shape index (κ2) is 8.45. The van der Waals surface area contributed by atoms with Crippen molar-refractivity contribution in [3.8, 4) is 17.1 Å². The largest absolute Gasteiger partial charge is 0.408 e. The summed E-state index contributed by atoms with van der Waals surface area (Å²) in [4.78, 5) is 11.1. The Morgan fingerprint density at radius 3 is 2.82 bits per heavy atom. The van der Waals surface area contributed by atoms with E-state index in [0.29, 0.717) is 42.2 Å². The van der Waals surface area contributed by atoms with E-state index in [0.717, 1.165) is 22.4 Å². The maximum atomic E-state index is 12.7. The number of anilines is 1. The number of nitrogens with one attached hydrogen (secondary N) is 1.